The molecule has 0 aliphatic carbocycles. The van der Waals surface area contributed by atoms with Crippen LogP contribution in [0.2, 0.25) is 0 Å². The average molecular weight is 640 g/mol. The smallest absolute Gasteiger partial charge is 0.220 e. The highest BCUT2D eigenvalue weighted by atomic mass is 16.1. The molecule has 0 spiro atoms. The summed E-state index contributed by atoms with van der Waals surface area (Å²) in [4.78, 5) is 22.1. The monoisotopic (exact) mass is 639 g/mol. The lowest BCUT2D eigenvalue weighted by Gasteiger charge is -2.12. The number of nitrogens with one attached hydrogen (secondary N) is 1. The van der Waals surface area contributed by atoms with Gasteiger partial charge in [-0.3, -0.25) is 4.79 Å². The first-order valence-electron chi connectivity index (χ1n) is 19.0. The summed E-state index contributed by atoms with van der Waals surface area (Å²) in [5, 5.41) is 4.20. The van der Waals surface area contributed by atoms with Crippen LogP contribution < -0.4 is 11.1 Å². The number of nitrogens with zero attached hydrogens (tertiary/aromatic N) is 3. The van der Waals surface area contributed by atoms with E-state index in [1.165, 1.54) is 95.5 Å². The van der Waals surface area contributed by atoms with Crippen molar-refractivity contribution in [1.82, 2.24) is 19.9 Å². The molecule has 2 heterocycles. The molecular weight excluding hydrogens is 578 g/mol. The second-order valence-electron chi connectivity index (χ2n) is 13.6. The van der Waals surface area contributed by atoms with Crippen molar-refractivity contribution in [2.24, 2.45) is 0 Å². The van der Waals surface area contributed by atoms with Gasteiger partial charge in [-0.05, 0) is 30.0 Å². The number of aryl methyl sites for hydroxylation is 1. The van der Waals surface area contributed by atoms with Crippen molar-refractivity contribution in [2.45, 2.75) is 155 Å². The summed E-state index contributed by atoms with van der Waals surface area (Å²) in [6.45, 7) is 5.78. The van der Waals surface area contributed by atoms with Gasteiger partial charge in [-0.2, -0.15) is 0 Å². The molecule has 3 N–H and O–H groups in total. The van der Waals surface area contributed by atoms with E-state index in [0.717, 1.165) is 72.0 Å². The number of nitrogens with two attached hydrogens (primary N) is 1. The Kier molecular flexibility index (Phi) is 16.1. The molecule has 47 heavy (non-hydrogen) atoms. The number of rotatable bonds is 24. The van der Waals surface area contributed by atoms with Crippen molar-refractivity contribution in [3.63, 3.8) is 0 Å². The molecule has 4 rings (SSSR count). The van der Waals surface area contributed by atoms with Crippen molar-refractivity contribution in [1.29, 1.82) is 0 Å². The fourth-order valence-electron chi connectivity index (χ4n) is 6.67. The summed E-state index contributed by atoms with van der Waals surface area (Å²) in [6, 6.07) is 16.8. The van der Waals surface area contributed by atoms with Crippen molar-refractivity contribution in [2.75, 3.05) is 5.73 Å². The lowest BCUT2D eigenvalue weighted by Crippen LogP contribution is -2.22. The third kappa shape index (κ3) is 12.0. The minimum Gasteiger partial charge on any atom is -0.382 e. The lowest BCUT2D eigenvalue weighted by atomic mass is 10.0. The fraction of sp³-hybridized carbons (Fsp3) is 0.585. The number of fused-ring (bicyclic) bond motifs is 3. The summed E-state index contributed by atoms with van der Waals surface area (Å²) >= 11 is 0. The molecule has 2 aromatic heterocycles. The molecule has 6 heteroatoms. The van der Waals surface area contributed by atoms with Gasteiger partial charge in [0.2, 0.25) is 5.91 Å². The molecule has 0 aliphatic heterocycles. The molecule has 0 saturated carbocycles. The van der Waals surface area contributed by atoms with E-state index in [4.69, 9.17) is 10.7 Å². The number of imidazole rings is 1. The quantitative estimate of drug-likeness (QED) is 0.0747. The summed E-state index contributed by atoms with van der Waals surface area (Å²) in [6.07, 6.45) is 25.2. The predicted molar refractivity (Wildman–Crippen MR) is 200 cm³/mol. The zero-order valence-electron chi connectivity index (χ0n) is 29.5. The molecule has 1 amide bonds. The van der Waals surface area contributed by atoms with Gasteiger partial charge in [0.05, 0.1) is 11.0 Å². The third-order valence-corrected chi connectivity index (χ3v) is 9.55. The first-order valence-corrected chi connectivity index (χ1v) is 19.0. The largest absolute Gasteiger partial charge is 0.382 e. The number of para-hydroxylation sites is 1. The molecule has 256 valence electrons. The molecule has 0 aliphatic rings. The highest BCUT2D eigenvalue weighted by Gasteiger charge is 2.17. The number of pyridine rings is 1. The van der Waals surface area contributed by atoms with Crippen molar-refractivity contribution in [3.8, 4) is 0 Å². The second kappa shape index (κ2) is 20.7. The number of anilines is 1. The first kappa shape index (κ1) is 36.4. The molecule has 2 aromatic carbocycles. The van der Waals surface area contributed by atoms with Crippen LogP contribution in [-0.2, 0) is 24.3 Å². The normalized spacial score (nSPS) is 11.5. The van der Waals surface area contributed by atoms with E-state index in [9.17, 15) is 4.79 Å². The van der Waals surface area contributed by atoms with Crippen molar-refractivity contribution < 1.29 is 4.79 Å². The topological polar surface area (TPSA) is 85.8 Å². The van der Waals surface area contributed by atoms with Gasteiger partial charge in [0.1, 0.15) is 11.3 Å². The highest BCUT2D eigenvalue weighted by Crippen LogP contribution is 2.30. The Bertz CT molecular complexity index is 1480. The maximum atomic E-state index is 12.5. The number of benzene rings is 2. The van der Waals surface area contributed by atoms with E-state index in [2.05, 4.69) is 59.0 Å². The summed E-state index contributed by atoms with van der Waals surface area (Å²) < 4.78 is 2.32. The van der Waals surface area contributed by atoms with E-state index in [1.54, 1.807) is 0 Å². The second-order valence-corrected chi connectivity index (χ2v) is 13.6. The van der Waals surface area contributed by atoms with Gasteiger partial charge in [0, 0.05) is 31.3 Å². The van der Waals surface area contributed by atoms with Crippen molar-refractivity contribution >= 4 is 33.7 Å². The first-order chi connectivity index (χ1) is 23.1. The average Bonchev–Trinajstić information content (AvgIpc) is 3.45. The Morgan fingerprint density at radius 1 is 0.681 bits per heavy atom. The van der Waals surface area contributed by atoms with Gasteiger partial charge in [-0.25, -0.2) is 9.97 Å². The number of nitrogen functional groups attached to an aromatic ring is 1. The van der Waals surface area contributed by atoms with Gasteiger partial charge in [0.25, 0.3) is 0 Å². The standard InChI is InChI=1S/C41H61N5O/c1-3-5-7-8-9-10-11-12-13-14-15-16-17-18-19-20-26-38(47)43-31-33-27-29-34(30-28-33)32-46-37(25-6-4-2)45-39-40(46)35-23-21-22-24-36(35)44-41(39)42/h21-24,27-30H,3-20,25-26,31-32H2,1-2H3,(H2,42,44)(H,43,47). The molecule has 0 atom stereocenters. The van der Waals surface area contributed by atoms with Crippen LogP contribution in [0.4, 0.5) is 5.82 Å². The van der Waals surface area contributed by atoms with Crippen LogP contribution in [0, 0.1) is 0 Å². The number of unbranched alkanes of at least 4 members (excludes halogenated alkanes) is 16. The van der Waals surface area contributed by atoms with Crippen LogP contribution in [0.15, 0.2) is 48.5 Å². The Morgan fingerprint density at radius 3 is 1.85 bits per heavy atom. The van der Waals surface area contributed by atoms with Gasteiger partial charge in [-0.1, -0.05) is 159 Å². The molecule has 0 fully saturated rings. The van der Waals surface area contributed by atoms with Gasteiger partial charge < -0.3 is 15.6 Å². The van der Waals surface area contributed by atoms with Gasteiger partial charge in [0.15, 0.2) is 5.82 Å². The fourth-order valence-corrected chi connectivity index (χ4v) is 6.67. The molecule has 0 radical (unpaired) electrons. The summed E-state index contributed by atoms with van der Waals surface area (Å²) in [5.41, 5.74) is 11.4. The zero-order chi connectivity index (χ0) is 33.1. The molecule has 6 nitrogen and oxygen atoms in total. The van der Waals surface area contributed by atoms with E-state index in [0.29, 0.717) is 18.8 Å². The van der Waals surface area contributed by atoms with Crippen LogP contribution in [0.25, 0.3) is 21.9 Å². The van der Waals surface area contributed by atoms with Crippen LogP contribution >= 0.6 is 0 Å². The summed E-state index contributed by atoms with van der Waals surface area (Å²) in [5.74, 6) is 1.70. The maximum Gasteiger partial charge on any atom is 0.220 e. The van der Waals surface area contributed by atoms with E-state index in [-0.39, 0.29) is 5.91 Å². The van der Waals surface area contributed by atoms with Crippen LogP contribution in [0.5, 0.6) is 0 Å². The van der Waals surface area contributed by atoms with E-state index in [1.807, 2.05) is 18.2 Å². The highest BCUT2D eigenvalue weighted by molar-refractivity contribution is 6.06. The number of carbonyl (C=O) groups excluding carboxylic acids is 1. The SMILES string of the molecule is CCCCCCCCCCCCCCCCCCC(=O)NCc1ccc(Cn2c(CCCC)nc3c(N)nc4ccccc4c32)cc1. The Labute approximate surface area is 284 Å². The van der Waals surface area contributed by atoms with Crippen LogP contribution in [0.1, 0.15) is 153 Å². The molecule has 4 aromatic rings. The molecule has 0 bridgehead atoms. The number of hydrogen-bond acceptors (Lipinski definition) is 4. The molecular formula is C41H61N5O. The minimum absolute atomic E-state index is 0.156. The zero-order valence-corrected chi connectivity index (χ0v) is 29.5. The van der Waals surface area contributed by atoms with Crippen LogP contribution in [0.3, 0.4) is 0 Å². The Balaban J connectivity index is 1.12. The maximum absolute atomic E-state index is 12.5. The Hall–Kier alpha value is -3.41. The summed E-state index contributed by atoms with van der Waals surface area (Å²) in [7, 11) is 0. The number of aromatic nitrogens is 3. The lowest BCUT2D eigenvalue weighted by molar-refractivity contribution is -0.121. The minimum atomic E-state index is 0.156. The van der Waals surface area contributed by atoms with Gasteiger partial charge in [-0.15, -0.1) is 0 Å². The Morgan fingerprint density at radius 2 is 1.23 bits per heavy atom. The number of amides is 1. The van der Waals surface area contributed by atoms with E-state index < -0.39 is 0 Å². The number of carbonyl (C=O) groups is 1. The van der Waals surface area contributed by atoms with Crippen molar-refractivity contribution in [3.05, 3.63) is 65.5 Å². The van der Waals surface area contributed by atoms with Crippen LogP contribution in [-0.4, -0.2) is 20.4 Å². The molecule has 0 unspecified atom stereocenters. The third-order valence-electron chi connectivity index (χ3n) is 9.55. The number of hydrogen-bond donors (Lipinski definition) is 2. The predicted octanol–water partition coefficient (Wildman–Crippen LogP) is 10.8. The molecule has 0 saturated heterocycles. The van der Waals surface area contributed by atoms with Gasteiger partial charge >= 0.3 is 0 Å². The van der Waals surface area contributed by atoms with E-state index >= 15 is 0 Å².